The molecular formula is C15H30N2O. The molecule has 3 atom stereocenters. The molecule has 3 N–H and O–H groups in total. The molecule has 3 heteroatoms. The van der Waals surface area contributed by atoms with Gasteiger partial charge >= 0.3 is 0 Å². The highest BCUT2D eigenvalue weighted by atomic mass is 16.3. The van der Waals surface area contributed by atoms with Gasteiger partial charge in [0.1, 0.15) is 0 Å². The van der Waals surface area contributed by atoms with Gasteiger partial charge < -0.3 is 15.7 Å². The number of hydrogen-bond donors (Lipinski definition) is 2. The number of nitrogens with zero attached hydrogens (tertiary/aromatic N) is 1. The summed E-state index contributed by atoms with van der Waals surface area (Å²) in [5, 5.41) is 9.86. The molecule has 3 unspecified atom stereocenters. The molecule has 1 aliphatic carbocycles. The minimum absolute atomic E-state index is 0.376. The molecule has 18 heavy (non-hydrogen) atoms. The summed E-state index contributed by atoms with van der Waals surface area (Å²) in [5.74, 6) is 0.992. The molecule has 0 radical (unpaired) electrons. The van der Waals surface area contributed by atoms with Crippen LogP contribution in [0.3, 0.4) is 0 Å². The van der Waals surface area contributed by atoms with Crippen molar-refractivity contribution in [2.24, 2.45) is 11.7 Å². The zero-order valence-electron chi connectivity index (χ0n) is 11.9. The fraction of sp³-hybridized carbons (Fsp3) is 1.00. The quantitative estimate of drug-likeness (QED) is 0.714. The number of unbranched alkanes of at least 4 members (excludes halogenated alkanes) is 1. The van der Waals surface area contributed by atoms with Gasteiger partial charge in [-0.05, 0) is 64.5 Å². The first kappa shape index (κ1) is 14.3. The van der Waals surface area contributed by atoms with E-state index in [0.29, 0.717) is 6.54 Å². The van der Waals surface area contributed by atoms with E-state index in [1.807, 2.05) is 6.92 Å². The standard InChI is InChI=1S/C15H30N2O/c1-15(18,12-16)9-4-5-10-17-11-8-13-6-2-3-7-14(13)17/h13-14,18H,2-12,16H2,1H3. The third-order valence-corrected chi connectivity index (χ3v) is 4.98. The molecule has 106 valence electrons. The predicted molar refractivity (Wildman–Crippen MR) is 75.5 cm³/mol. The number of likely N-dealkylation sites (tertiary alicyclic amines) is 1. The van der Waals surface area contributed by atoms with E-state index in [1.165, 1.54) is 51.6 Å². The third-order valence-electron chi connectivity index (χ3n) is 4.98. The van der Waals surface area contributed by atoms with E-state index in [2.05, 4.69) is 4.90 Å². The van der Waals surface area contributed by atoms with Crippen LogP contribution in [0.25, 0.3) is 0 Å². The second-order valence-corrected chi connectivity index (χ2v) is 6.59. The third kappa shape index (κ3) is 3.69. The van der Waals surface area contributed by atoms with Crippen molar-refractivity contribution >= 4 is 0 Å². The lowest BCUT2D eigenvalue weighted by Crippen LogP contribution is -2.36. The topological polar surface area (TPSA) is 49.5 Å². The van der Waals surface area contributed by atoms with Crippen LogP contribution in [0.2, 0.25) is 0 Å². The molecule has 0 amide bonds. The molecule has 0 aromatic rings. The Morgan fingerprint density at radius 1 is 1.22 bits per heavy atom. The molecule has 0 aromatic carbocycles. The highest BCUT2D eigenvalue weighted by Gasteiger charge is 2.34. The van der Waals surface area contributed by atoms with E-state index in [1.54, 1.807) is 0 Å². The van der Waals surface area contributed by atoms with Gasteiger partial charge in [0.15, 0.2) is 0 Å². The van der Waals surface area contributed by atoms with Crippen molar-refractivity contribution in [2.75, 3.05) is 19.6 Å². The number of rotatable bonds is 6. The van der Waals surface area contributed by atoms with E-state index in [4.69, 9.17) is 5.73 Å². The van der Waals surface area contributed by atoms with Crippen LogP contribution in [-0.2, 0) is 0 Å². The number of aliphatic hydroxyl groups is 1. The van der Waals surface area contributed by atoms with Crippen molar-refractivity contribution < 1.29 is 5.11 Å². The van der Waals surface area contributed by atoms with Crippen LogP contribution < -0.4 is 5.73 Å². The Hall–Kier alpha value is -0.120. The maximum Gasteiger partial charge on any atom is 0.0741 e. The predicted octanol–water partition coefficient (Wildman–Crippen LogP) is 2.13. The molecule has 1 saturated carbocycles. The van der Waals surface area contributed by atoms with Crippen molar-refractivity contribution in [1.82, 2.24) is 4.90 Å². The van der Waals surface area contributed by atoms with Crippen LogP contribution >= 0.6 is 0 Å². The average Bonchev–Trinajstić information content (AvgIpc) is 2.78. The number of fused-ring (bicyclic) bond motifs is 1. The molecule has 0 bridgehead atoms. The van der Waals surface area contributed by atoms with Crippen molar-refractivity contribution in [3.05, 3.63) is 0 Å². The van der Waals surface area contributed by atoms with E-state index in [0.717, 1.165) is 24.8 Å². The Morgan fingerprint density at radius 3 is 2.78 bits per heavy atom. The summed E-state index contributed by atoms with van der Waals surface area (Å²) in [5.41, 5.74) is 4.88. The fourth-order valence-corrected chi connectivity index (χ4v) is 3.70. The number of nitrogens with two attached hydrogens (primary N) is 1. The van der Waals surface area contributed by atoms with E-state index >= 15 is 0 Å². The normalized spacial score (nSPS) is 32.2. The van der Waals surface area contributed by atoms with E-state index in [9.17, 15) is 5.11 Å². The first-order valence-electron chi connectivity index (χ1n) is 7.79. The molecule has 0 spiro atoms. The van der Waals surface area contributed by atoms with Crippen LogP contribution in [-0.4, -0.2) is 41.3 Å². The summed E-state index contributed by atoms with van der Waals surface area (Å²) < 4.78 is 0. The van der Waals surface area contributed by atoms with Crippen LogP contribution in [0.4, 0.5) is 0 Å². The lowest BCUT2D eigenvalue weighted by molar-refractivity contribution is 0.0559. The van der Waals surface area contributed by atoms with Gasteiger partial charge in [-0.15, -0.1) is 0 Å². The lowest BCUT2D eigenvalue weighted by Gasteiger charge is -2.32. The van der Waals surface area contributed by atoms with Crippen LogP contribution in [0.15, 0.2) is 0 Å². The van der Waals surface area contributed by atoms with Crippen LogP contribution in [0.1, 0.15) is 58.3 Å². The second kappa shape index (κ2) is 6.36. The Morgan fingerprint density at radius 2 is 2.00 bits per heavy atom. The summed E-state index contributed by atoms with van der Waals surface area (Å²) in [7, 11) is 0. The SMILES string of the molecule is CC(O)(CN)CCCCN1CCC2CCCCC21. The van der Waals surface area contributed by atoms with Gasteiger partial charge in [-0.3, -0.25) is 0 Å². The lowest BCUT2D eigenvalue weighted by atomic mass is 9.85. The minimum Gasteiger partial charge on any atom is -0.389 e. The molecule has 2 aliphatic rings. The van der Waals surface area contributed by atoms with Gasteiger partial charge in [0.25, 0.3) is 0 Å². The molecule has 2 fully saturated rings. The maximum atomic E-state index is 9.86. The van der Waals surface area contributed by atoms with Crippen LogP contribution in [0, 0.1) is 5.92 Å². The molecule has 1 heterocycles. The van der Waals surface area contributed by atoms with Gasteiger partial charge in [0.2, 0.25) is 0 Å². The van der Waals surface area contributed by atoms with Crippen molar-refractivity contribution in [2.45, 2.75) is 69.9 Å². The molecule has 2 rings (SSSR count). The number of hydrogen-bond acceptors (Lipinski definition) is 3. The van der Waals surface area contributed by atoms with Crippen LogP contribution in [0.5, 0.6) is 0 Å². The average molecular weight is 254 g/mol. The van der Waals surface area contributed by atoms with E-state index in [-0.39, 0.29) is 0 Å². The second-order valence-electron chi connectivity index (χ2n) is 6.59. The summed E-state index contributed by atoms with van der Waals surface area (Å²) in [6.07, 6.45) is 10.3. The fourth-order valence-electron chi connectivity index (χ4n) is 3.70. The molecule has 3 nitrogen and oxygen atoms in total. The van der Waals surface area contributed by atoms with Gasteiger partial charge in [-0.25, -0.2) is 0 Å². The Bertz CT molecular complexity index is 255. The zero-order valence-corrected chi connectivity index (χ0v) is 11.9. The molecule has 1 aliphatic heterocycles. The first-order valence-corrected chi connectivity index (χ1v) is 7.79. The van der Waals surface area contributed by atoms with Gasteiger partial charge in [-0.1, -0.05) is 12.8 Å². The smallest absolute Gasteiger partial charge is 0.0741 e. The van der Waals surface area contributed by atoms with E-state index < -0.39 is 5.60 Å². The van der Waals surface area contributed by atoms with Crippen molar-refractivity contribution in [1.29, 1.82) is 0 Å². The summed E-state index contributed by atoms with van der Waals surface area (Å²) in [6, 6.07) is 0.883. The van der Waals surface area contributed by atoms with Crippen molar-refractivity contribution in [3.8, 4) is 0 Å². The van der Waals surface area contributed by atoms with Crippen molar-refractivity contribution in [3.63, 3.8) is 0 Å². The minimum atomic E-state index is -0.654. The highest BCUT2D eigenvalue weighted by molar-refractivity contribution is 4.89. The first-order chi connectivity index (χ1) is 8.62. The summed E-state index contributed by atoms with van der Waals surface area (Å²) >= 11 is 0. The summed E-state index contributed by atoms with van der Waals surface area (Å²) in [6.45, 7) is 4.76. The Labute approximate surface area is 112 Å². The zero-order chi connectivity index (χ0) is 13.0. The molecular weight excluding hydrogens is 224 g/mol. The maximum absolute atomic E-state index is 9.86. The van der Waals surface area contributed by atoms with Gasteiger partial charge in [-0.2, -0.15) is 0 Å². The highest BCUT2D eigenvalue weighted by Crippen LogP contribution is 2.36. The Kier molecular flexibility index (Phi) is 5.05. The monoisotopic (exact) mass is 254 g/mol. The van der Waals surface area contributed by atoms with Gasteiger partial charge in [0, 0.05) is 12.6 Å². The van der Waals surface area contributed by atoms with Gasteiger partial charge in [0.05, 0.1) is 5.60 Å². The molecule has 1 saturated heterocycles. The largest absolute Gasteiger partial charge is 0.389 e. The molecule has 0 aromatic heterocycles. The summed E-state index contributed by atoms with van der Waals surface area (Å²) in [4.78, 5) is 2.71. The Balaban J connectivity index is 1.65.